The van der Waals surface area contributed by atoms with E-state index in [0.717, 1.165) is 37.4 Å². The van der Waals surface area contributed by atoms with Crippen LogP contribution in [0.15, 0.2) is 60.7 Å². The fourth-order valence-corrected chi connectivity index (χ4v) is 5.58. The molecule has 3 aromatic rings. The second kappa shape index (κ2) is 11.8. The molecule has 3 aromatic carbocycles. The van der Waals surface area contributed by atoms with Gasteiger partial charge in [0.1, 0.15) is 5.82 Å². The van der Waals surface area contributed by atoms with Crippen LogP contribution in [-0.2, 0) is 5.67 Å². The van der Waals surface area contributed by atoms with Gasteiger partial charge in [-0.3, -0.25) is 9.59 Å². The van der Waals surface area contributed by atoms with E-state index in [1.807, 2.05) is 0 Å². The zero-order chi connectivity index (χ0) is 32.0. The van der Waals surface area contributed by atoms with Crippen molar-refractivity contribution in [3.05, 3.63) is 92.6 Å². The number of anilines is 2. The summed E-state index contributed by atoms with van der Waals surface area (Å²) in [6, 6.07) is 8.50. The van der Waals surface area contributed by atoms with Crippen LogP contribution in [0.1, 0.15) is 26.3 Å². The van der Waals surface area contributed by atoms with Crippen LogP contribution in [0.4, 0.5) is 59.7 Å². The summed E-state index contributed by atoms with van der Waals surface area (Å²) >= 11 is 2.43. The van der Waals surface area contributed by atoms with Gasteiger partial charge in [0.05, 0.1) is 45.4 Å². The number of nitrogens with zero attached hydrogens (tertiary/aromatic N) is 2. The number of amides is 2. The van der Waals surface area contributed by atoms with Crippen molar-refractivity contribution in [2.24, 2.45) is 0 Å². The second-order valence-electron chi connectivity index (χ2n) is 8.46. The summed E-state index contributed by atoms with van der Waals surface area (Å²) in [5.41, 5.74) is -10.3. The minimum atomic E-state index is -6.92. The van der Waals surface area contributed by atoms with E-state index >= 15 is 4.39 Å². The summed E-state index contributed by atoms with van der Waals surface area (Å²) in [4.78, 5) is 26.5. The summed E-state index contributed by atoms with van der Waals surface area (Å²) in [7, 11) is 1.09. The van der Waals surface area contributed by atoms with Gasteiger partial charge >= 0.3 is 23.9 Å². The molecule has 1 unspecified atom stereocenters. The first-order valence-corrected chi connectivity index (χ1v) is 13.0. The highest BCUT2D eigenvalue weighted by atomic mass is 127. The van der Waals surface area contributed by atoms with Gasteiger partial charge in [0, 0.05) is 16.2 Å². The van der Waals surface area contributed by atoms with Crippen LogP contribution in [0, 0.1) is 15.2 Å². The quantitative estimate of drug-likeness (QED) is 0.142. The number of carbonyl (C=O) groups is 2. The van der Waals surface area contributed by atoms with E-state index in [0.29, 0.717) is 14.1 Å². The number of rotatable bonds is 6. The van der Waals surface area contributed by atoms with Crippen LogP contribution in [0.2, 0.25) is 0 Å². The molecule has 3 rings (SSSR count). The first kappa shape index (κ1) is 33.8. The lowest BCUT2D eigenvalue weighted by molar-refractivity contribution is -0.389. The van der Waals surface area contributed by atoms with Crippen LogP contribution in [-0.4, -0.2) is 37.1 Å². The minimum Gasteiger partial charge on any atom is -0.309 e. The topological polar surface area (TPSA) is 40.6 Å². The maximum atomic E-state index is 15.4. The fraction of sp³-hybridized carbons (Fsp3) is 0.200. The van der Waals surface area contributed by atoms with E-state index < -0.39 is 79.0 Å². The average Bonchev–Trinajstić information content (AvgIpc) is 2.90. The molecule has 4 nitrogen and oxygen atoms in total. The number of alkyl halides is 9. The molecule has 42 heavy (non-hydrogen) atoms. The van der Waals surface area contributed by atoms with Crippen LogP contribution >= 0.6 is 45.5 Å². The van der Waals surface area contributed by atoms with E-state index in [2.05, 4.69) is 0 Å². The molecular weight excluding hydrogens is 823 g/mol. The van der Waals surface area contributed by atoms with Gasteiger partial charge in [0.2, 0.25) is 0 Å². The number of benzene rings is 3. The van der Waals surface area contributed by atoms with Crippen molar-refractivity contribution in [2.75, 3.05) is 15.1 Å². The van der Waals surface area contributed by atoms with Crippen molar-refractivity contribution in [3.63, 3.8) is 0 Å². The highest BCUT2D eigenvalue weighted by Crippen LogP contribution is 2.58. The van der Waals surface area contributed by atoms with Crippen molar-refractivity contribution < 1.29 is 57.9 Å². The monoisotopic (exact) mass is 836 g/mol. The summed E-state index contributed by atoms with van der Waals surface area (Å²) in [6.45, 7) is 0. The van der Waals surface area contributed by atoms with Crippen molar-refractivity contribution in [1.82, 2.24) is 0 Å². The molecule has 226 valence electrons. The number of hydrogen-bond acceptors (Lipinski definition) is 2. The predicted molar refractivity (Wildman–Crippen MR) is 145 cm³/mol. The molecule has 1 atom stereocenters. The van der Waals surface area contributed by atoms with Gasteiger partial charge < -0.3 is 4.90 Å². The Hall–Kier alpha value is -2.71. The molecule has 0 N–H and O–H groups in total. The minimum absolute atomic E-state index is 0.00277. The summed E-state index contributed by atoms with van der Waals surface area (Å²) < 4.78 is 151. The zero-order valence-corrected chi connectivity index (χ0v) is 24.7. The Kier molecular flexibility index (Phi) is 9.46. The predicted octanol–water partition coefficient (Wildman–Crippen LogP) is 8.77. The number of hydrogen-bond donors (Lipinski definition) is 0. The van der Waals surface area contributed by atoms with E-state index in [1.54, 1.807) is 0 Å². The first-order chi connectivity index (χ1) is 19.2. The summed E-state index contributed by atoms with van der Waals surface area (Å²) in [5, 5.41) is 0. The average molecular weight is 836 g/mol. The Balaban J connectivity index is 2.01. The van der Waals surface area contributed by atoms with Crippen LogP contribution < -0.4 is 8.01 Å². The van der Waals surface area contributed by atoms with Gasteiger partial charge in [-0.25, -0.2) is 16.3 Å². The van der Waals surface area contributed by atoms with E-state index in [1.165, 1.54) is 57.6 Å². The summed E-state index contributed by atoms with van der Waals surface area (Å²) in [5.74, 6) is -11.3. The molecule has 0 aliphatic heterocycles. The van der Waals surface area contributed by atoms with Gasteiger partial charge in [-0.15, -0.1) is 0 Å². The molecule has 0 bridgehead atoms. The van der Waals surface area contributed by atoms with Crippen LogP contribution in [0.3, 0.4) is 0 Å². The Morgan fingerprint density at radius 2 is 1.29 bits per heavy atom. The van der Waals surface area contributed by atoms with Gasteiger partial charge in [0.15, 0.2) is 5.82 Å². The molecule has 0 aliphatic carbocycles. The number of halogens is 13. The standard InChI is InChI=1S/C25H13F11I2N2O2/c1-39(20(41)13-5-2-3-7-15(13)26)18-8-4-6-14(19(18)27)21(42)40(38)17-10-9-12(11-16(17)37)22(28,24(31,32)33)23(29,30)25(34,35)36/h2-11H,1H3. The van der Waals surface area contributed by atoms with Crippen molar-refractivity contribution in [1.29, 1.82) is 0 Å². The first-order valence-electron chi connectivity index (χ1n) is 11.0. The lowest BCUT2D eigenvalue weighted by Gasteiger charge is -2.36. The highest BCUT2D eigenvalue weighted by molar-refractivity contribution is 14.1. The zero-order valence-electron chi connectivity index (χ0n) is 20.4. The normalized spacial score (nSPS) is 13.9. The Morgan fingerprint density at radius 3 is 1.81 bits per heavy atom. The third kappa shape index (κ3) is 5.77. The van der Waals surface area contributed by atoms with E-state index in [-0.39, 0.29) is 12.1 Å². The molecule has 0 aliphatic rings. The van der Waals surface area contributed by atoms with Crippen LogP contribution in [0.25, 0.3) is 0 Å². The molecule has 2 amide bonds. The lowest BCUT2D eigenvalue weighted by Crippen LogP contribution is -2.59. The molecular formula is C25H13F11I2N2O2. The third-order valence-electron chi connectivity index (χ3n) is 5.89. The Bertz CT molecular complexity index is 1530. The van der Waals surface area contributed by atoms with Gasteiger partial charge in [0.25, 0.3) is 11.8 Å². The highest BCUT2D eigenvalue weighted by Gasteiger charge is 2.81. The fourth-order valence-electron chi connectivity index (χ4n) is 3.68. The second-order valence-corrected chi connectivity index (χ2v) is 10.6. The summed E-state index contributed by atoms with van der Waals surface area (Å²) in [6.07, 6.45) is -13.6. The van der Waals surface area contributed by atoms with E-state index in [9.17, 15) is 53.5 Å². The largest absolute Gasteiger partial charge is 0.457 e. The molecule has 0 saturated heterocycles. The van der Waals surface area contributed by atoms with Crippen molar-refractivity contribution in [2.45, 2.75) is 23.9 Å². The molecule has 0 saturated carbocycles. The molecule has 0 aromatic heterocycles. The SMILES string of the molecule is CN(C(=O)c1ccccc1F)c1cccc(C(=O)N(I)c2ccc(C(F)(C(F)(F)F)C(F)(F)C(F)(F)F)cc2I)c1F. The van der Waals surface area contributed by atoms with Crippen LogP contribution in [0.5, 0.6) is 0 Å². The van der Waals surface area contributed by atoms with Gasteiger partial charge in [-0.1, -0.05) is 24.3 Å². The van der Waals surface area contributed by atoms with Crippen molar-refractivity contribution in [3.8, 4) is 0 Å². The number of carbonyl (C=O) groups excluding carboxylic acids is 2. The van der Waals surface area contributed by atoms with Gasteiger partial charge in [-0.05, 0) is 59.0 Å². The molecule has 0 heterocycles. The maximum absolute atomic E-state index is 15.4. The molecule has 0 radical (unpaired) electrons. The smallest absolute Gasteiger partial charge is 0.309 e. The Labute approximate surface area is 257 Å². The third-order valence-corrected chi connectivity index (χ3v) is 7.72. The molecule has 0 fully saturated rings. The van der Waals surface area contributed by atoms with Crippen molar-refractivity contribution >= 4 is 68.6 Å². The maximum Gasteiger partial charge on any atom is 0.457 e. The molecule has 0 spiro atoms. The molecule has 17 heteroatoms. The Morgan fingerprint density at radius 1 is 0.714 bits per heavy atom. The lowest BCUT2D eigenvalue weighted by atomic mass is 9.87. The van der Waals surface area contributed by atoms with E-state index in [4.69, 9.17) is 0 Å². The van der Waals surface area contributed by atoms with Gasteiger partial charge in [-0.2, -0.15) is 35.1 Å².